The Morgan fingerprint density at radius 3 is 2.57 bits per heavy atom. The molecule has 0 radical (unpaired) electrons. The maximum atomic E-state index is 12.5. The number of amides is 1. The highest BCUT2D eigenvalue weighted by molar-refractivity contribution is 5.95. The minimum atomic E-state index is -0.0400. The third kappa shape index (κ3) is 3.53. The lowest BCUT2D eigenvalue weighted by Gasteiger charge is -2.20. The standard InChI is InChI=1S/C16H26N4O/c1-9(2)14-7-12(8-15(18-14)20-17)16(21)19-13-6-5-10(3)11(13)4/h7-11,13H,5-6,17H2,1-4H3,(H,18,20)(H,19,21). The molecule has 1 amide bonds. The molecule has 0 spiro atoms. The van der Waals surface area contributed by atoms with Crippen LogP contribution in [0.15, 0.2) is 12.1 Å². The first-order valence-corrected chi connectivity index (χ1v) is 7.71. The minimum absolute atomic E-state index is 0.0400. The van der Waals surface area contributed by atoms with Crippen molar-refractivity contribution in [3.05, 3.63) is 23.4 Å². The van der Waals surface area contributed by atoms with E-state index in [9.17, 15) is 4.79 Å². The summed E-state index contributed by atoms with van der Waals surface area (Å²) >= 11 is 0. The van der Waals surface area contributed by atoms with E-state index in [4.69, 9.17) is 5.84 Å². The number of rotatable bonds is 4. The number of hydrogen-bond donors (Lipinski definition) is 3. The van der Waals surface area contributed by atoms with Gasteiger partial charge in [0.2, 0.25) is 0 Å². The Morgan fingerprint density at radius 1 is 1.33 bits per heavy atom. The molecular weight excluding hydrogens is 264 g/mol. The first-order valence-electron chi connectivity index (χ1n) is 7.71. The quantitative estimate of drug-likeness (QED) is 0.588. The second kappa shape index (κ2) is 6.43. The van der Waals surface area contributed by atoms with Crippen molar-refractivity contribution in [2.75, 3.05) is 5.43 Å². The van der Waals surface area contributed by atoms with Crippen LogP contribution < -0.4 is 16.6 Å². The zero-order chi connectivity index (χ0) is 15.6. The Balaban J connectivity index is 2.17. The molecule has 1 heterocycles. The van der Waals surface area contributed by atoms with E-state index >= 15 is 0 Å². The van der Waals surface area contributed by atoms with Gasteiger partial charge in [0.1, 0.15) is 5.82 Å². The van der Waals surface area contributed by atoms with E-state index < -0.39 is 0 Å². The van der Waals surface area contributed by atoms with Crippen LogP contribution in [-0.2, 0) is 0 Å². The van der Waals surface area contributed by atoms with E-state index in [1.165, 1.54) is 6.42 Å². The van der Waals surface area contributed by atoms with Crippen molar-refractivity contribution >= 4 is 11.7 Å². The topological polar surface area (TPSA) is 80.0 Å². The van der Waals surface area contributed by atoms with E-state index in [-0.39, 0.29) is 17.9 Å². The van der Waals surface area contributed by atoms with Crippen molar-refractivity contribution in [3.63, 3.8) is 0 Å². The van der Waals surface area contributed by atoms with E-state index in [1.807, 2.05) is 19.9 Å². The van der Waals surface area contributed by atoms with Crippen molar-refractivity contribution in [2.24, 2.45) is 17.7 Å². The molecule has 0 bridgehead atoms. The maximum Gasteiger partial charge on any atom is 0.251 e. The van der Waals surface area contributed by atoms with Gasteiger partial charge in [0, 0.05) is 17.3 Å². The summed E-state index contributed by atoms with van der Waals surface area (Å²) in [5.41, 5.74) is 4.02. The number of carbonyl (C=O) groups excluding carboxylic acids is 1. The Hall–Kier alpha value is -1.62. The largest absolute Gasteiger partial charge is 0.349 e. The van der Waals surface area contributed by atoms with Crippen LogP contribution in [0.25, 0.3) is 0 Å². The van der Waals surface area contributed by atoms with Crippen LogP contribution in [0.2, 0.25) is 0 Å². The highest BCUT2D eigenvalue weighted by Gasteiger charge is 2.31. The number of pyridine rings is 1. The molecule has 0 aromatic carbocycles. The van der Waals surface area contributed by atoms with Crippen molar-refractivity contribution in [1.29, 1.82) is 0 Å². The summed E-state index contributed by atoms with van der Waals surface area (Å²) in [6.07, 6.45) is 2.23. The Morgan fingerprint density at radius 2 is 2.05 bits per heavy atom. The highest BCUT2D eigenvalue weighted by Crippen LogP contribution is 2.31. The van der Waals surface area contributed by atoms with Crippen LogP contribution in [-0.4, -0.2) is 16.9 Å². The second-order valence-corrected chi connectivity index (χ2v) is 6.46. The van der Waals surface area contributed by atoms with Gasteiger partial charge in [0.05, 0.1) is 0 Å². The summed E-state index contributed by atoms with van der Waals surface area (Å²) in [6, 6.07) is 3.81. The fourth-order valence-electron chi connectivity index (χ4n) is 2.87. The average molecular weight is 290 g/mol. The van der Waals surface area contributed by atoms with E-state index in [1.54, 1.807) is 6.07 Å². The number of hydrazine groups is 1. The van der Waals surface area contributed by atoms with Crippen LogP contribution in [0.3, 0.4) is 0 Å². The number of aromatic nitrogens is 1. The number of anilines is 1. The van der Waals surface area contributed by atoms with E-state index in [2.05, 4.69) is 29.6 Å². The van der Waals surface area contributed by atoms with Gasteiger partial charge in [-0.05, 0) is 42.7 Å². The van der Waals surface area contributed by atoms with E-state index in [0.717, 1.165) is 12.1 Å². The molecule has 1 aliphatic carbocycles. The fourth-order valence-corrected chi connectivity index (χ4v) is 2.87. The van der Waals surface area contributed by atoms with Crippen molar-refractivity contribution in [1.82, 2.24) is 10.3 Å². The average Bonchev–Trinajstić information content (AvgIpc) is 2.78. The zero-order valence-corrected chi connectivity index (χ0v) is 13.3. The van der Waals surface area contributed by atoms with Gasteiger partial charge < -0.3 is 10.7 Å². The predicted octanol–water partition coefficient (Wildman–Crippen LogP) is 2.65. The van der Waals surface area contributed by atoms with Gasteiger partial charge in [0.25, 0.3) is 5.91 Å². The third-order valence-corrected chi connectivity index (χ3v) is 4.63. The summed E-state index contributed by atoms with van der Waals surface area (Å²) in [6.45, 7) is 8.55. The lowest BCUT2D eigenvalue weighted by atomic mass is 9.97. The molecule has 0 saturated heterocycles. The van der Waals surface area contributed by atoms with Crippen LogP contribution in [0, 0.1) is 11.8 Å². The van der Waals surface area contributed by atoms with Gasteiger partial charge in [-0.15, -0.1) is 0 Å². The molecule has 21 heavy (non-hydrogen) atoms. The molecule has 1 aromatic heterocycles. The number of nitrogen functional groups attached to an aromatic ring is 1. The van der Waals surface area contributed by atoms with Crippen LogP contribution in [0.1, 0.15) is 62.5 Å². The first-order chi connectivity index (χ1) is 9.92. The van der Waals surface area contributed by atoms with Gasteiger partial charge in [-0.1, -0.05) is 27.7 Å². The summed E-state index contributed by atoms with van der Waals surface area (Å²) in [5.74, 6) is 7.37. The lowest BCUT2D eigenvalue weighted by molar-refractivity contribution is 0.0927. The van der Waals surface area contributed by atoms with Crippen LogP contribution in [0.4, 0.5) is 5.82 Å². The molecule has 1 aromatic rings. The molecule has 3 unspecified atom stereocenters. The summed E-state index contributed by atoms with van der Waals surface area (Å²) in [5, 5.41) is 3.16. The van der Waals surface area contributed by atoms with Crippen molar-refractivity contribution in [3.8, 4) is 0 Å². The Labute approximate surface area is 126 Å². The molecule has 1 aliphatic rings. The highest BCUT2D eigenvalue weighted by atomic mass is 16.1. The maximum absolute atomic E-state index is 12.5. The number of nitrogens with two attached hydrogens (primary N) is 1. The van der Waals surface area contributed by atoms with Crippen LogP contribution >= 0.6 is 0 Å². The second-order valence-electron chi connectivity index (χ2n) is 6.46. The van der Waals surface area contributed by atoms with Crippen molar-refractivity contribution in [2.45, 2.75) is 52.5 Å². The first kappa shape index (κ1) is 15.8. The van der Waals surface area contributed by atoms with Gasteiger partial charge in [-0.2, -0.15) is 0 Å². The van der Waals surface area contributed by atoms with Gasteiger partial charge in [-0.25, -0.2) is 10.8 Å². The number of nitrogens with zero attached hydrogens (tertiary/aromatic N) is 1. The molecule has 116 valence electrons. The molecule has 3 atom stereocenters. The summed E-state index contributed by atoms with van der Waals surface area (Å²) < 4.78 is 0. The monoisotopic (exact) mass is 290 g/mol. The number of hydrogen-bond acceptors (Lipinski definition) is 4. The molecule has 2 rings (SSSR count). The zero-order valence-electron chi connectivity index (χ0n) is 13.3. The minimum Gasteiger partial charge on any atom is -0.349 e. The number of carbonyl (C=O) groups is 1. The molecule has 0 aliphatic heterocycles. The van der Waals surface area contributed by atoms with Gasteiger partial charge in [0.15, 0.2) is 0 Å². The molecular formula is C16H26N4O. The Kier molecular flexibility index (Phi) is 4.83. The SMILES string of the molecule is CC(C)c1cc(C(=O)NC2CCC(C)C2C)cc(NN)n1. The molecule has 4 N–H and O–H groups in total. The summed E-state index contributed by atoms with van der Waals surface area (Å²) in [4.78, 5) is 16.9. The predicted molar refractivity (Wildman–Crippen MR) is 85.0 cm³/mol. The fraction of sp³-hybridized carbons (Fsp3) is 0.625. The Bertz CT molecular complexity index is 515. The van der Waals surface area contributed by atoms with Crippen LogP contribution in [0.5, 0.6) is 0 Å². The molecule has 5 nitrogen and oxygen atoms in total. The third-order valence-electron chi connectivity index (χ3n) is 4.63. The molecule has 1 fully saturated rings. The molecule has 1 saturated carbocycles. The van der Waals surface area contributed by atoms with Crippen molar-refractivity contribution < 1.29 is 4.79 Å². The summed E-state index contributed by atoms with van der Waals surface area (Å²) in [7, 11) is 0. The van der Waals surface area contributed by atoms with E-state index in [0.29, 0.717) is 23.2 Å². The smallest absolute Gasteiger partial charge is 0.251 e. The van der Waals surface area contributed by atoms with Gasteiger partial charge >= 0.3 is 0 Å². The van der Waals surface area contributed by atoms with Gasteiger partial charge in [-0.3, -0.25) is 4.79 Å². The molecule has 5 heteroatoms. The normalized spacial score (nSPS) is 25.1. The number of nitrogens with one attached hydrogen (secondary N) is 2. The lowest BCUT2D eigenvalue weighted by Crippen LogP contribution is -2.37.